The van der Waals surface area contributed by atoms with E-state index < -0.39 is 0 Å². The van der Waals surface area contributed by atoms with Gasteiger partial charge in [0.05, 0.1) is 5.60 Å². The largest absolute Gasteiger partial charge is 0.375 e. The second-order valence-electron chi connectivity index (χ2n) is 5.55. The third-order valence-electron chi connectivity index (χ3n) is 4.47. The molecular weight excluding hydrogens is 186 g/mol. The van der Waals surface area contributed by atoms with Crippen molar-refractivity contribution in [2.45, 2.75) is 57.5 Å². The zero-order valence-corrected chi connectivity index (χ0v) is 10.0. The van der Waals surface area contributed by atoms with Crippen molar-refractivity contribution in [3.8, 4) is 0 Å². The van der Waals surface area contributed by atoms with E-state index in [0.717, 1.165) is 25.0 Å². The lowest BCUT2D eigenvalue weighted by molar-refractivity contribution is -0.101. The van der Waals surface area contributed by atoms with Crippen molar-refractivity contribution in [3.05, 3.63) is 0 Å². The molecule has 1 saturated carbocycles. The van der Waals surface area contributed by atoms with Crippen molar-refractivity contribution in [1.29, 1.82) is 0 Å². The smallest absolute Gasteiger partial charge is 0.0685 e. The maximum absolute atomic E-state index is 6.05. The van der Waals surface area contributed by atoms with Crippen molar-refractivity contribution in [3.63, 3.8) is 0 Å². The highest BCUT2D eigenvalue weighted by molar-refractivity contribution is 4.92. The van der Waals surface area contributed by atoms with Crippen LogP contribution in [-0.2, 0) is 4.74 Å². The summed E-state index contributed by atoms with van der Waals surface area (Å²) in [5.74, 6) is 1.65. The first-order valence-corrected chi connectivity index (χ1v) is 6.60. The van der Waals surface area contributed by atoms with Crippen LogP contribution in [0.3, 0.4) is 0 Å². The molecular formula is C13H25NO. The van der Waals surface area contributed by atoms with Gasteiger partial charge in [-0.25, -0.2) is 0 Å². The highest BCUT2D eigenvalue weighted by atomic mass is 16.5. The van der Waals surface area contributed by atoms with E-state index in [1.54, 1.807) is 0 Å². The average Bonchev–Trinajstić information content (AvgIpc) is 2.67. The molecule has 1 spiro atoms. The molecule has 0 aromatic heterocycles. The van der Waals surface area contributed by atoms with Gasteiger partial charge in [-0.05, 0) is 50.5 Å². The van der Waals surface area contributed by atoms with Gasteiger partial charge in [-0.2, -0.15) is 0 Å². The minimum absolute atomic E-state index is 0.284. The summed E-state index contributed by atoms with van der Waals surface area (Å²) in [6.45, 7) is 4.19. The fourth-order valence-electron chi connectivity index (χ4n) is 3.42. The number of ether oxygens (including phenoxy) is 1. The van der Waals surface area contributed by atoms with E-state index in [-0.39, 0.29) is 5.60 Å². The van der Waals surface area contributed by atoms with Crippen LogP contribution in [0.1, 0.15) is 51.9 Å². The summed E-state index contributed by atoms with van der Waals surface area (Å²) in [7, 11) is 0. The molecule has 15 heavy (non-hydrogen) atoms. The van der Waals surface area contributed by atoms with Crippen LogP contribution in [0.15, 0.2) is 0 Å². The molecule has 2 heteroatoms. The molecule has 0 aromatic carbocycles. The first-order valence-electron chi connectivity index (χ1n) is 6.60. The Hall–Kier alpha value is -0.0800. The minimum Gasteiger partial charge on any atom is -0.375 e. The summed E-state index contributed by atoms with van der Waals surface area (Å²) < 4.78 is 6.05. The van der Waals surface area contributed by atoms with Crippen molar-refractivity contribution in [1.82, 2.24) is 0 Å². The molecule has 2 N–H and O–H groups in total. The van der Waals surface area contributed by atoms with Crippen LogP contribution in [0.25, 0.3) is 0 Å². The van der Waals surface area contributed by atoms with Gasteiger partial charge in [-0.3, -0.25) is 0 Å². The Kier molecular flexibility index (Phi) is 3.68. The molecule has 1 aliphatic carbocycles. The van der Waals surface area contributed by atoms with Gasteiger partial charge in [-0.1, -0.05) is 19.8 Å². The van der Waals surface area contributed by atoms with Gasteiger partial charge >= 0.3 is 0 Å². The molecule has 0 aromatic rings. The van der Waals surface area contributed by atoms with Crippen LogP contribution in [0.2, 0.25) is 0 Å². The van der Waals surface area contributed by atoms with E-state index in [1.807, 2.05) is 0 Å². The maximum atomic E-state index is 6.05. The molecule has 2 rings (SSSR count). The van der Waals surface area contributed by atoms with Crippen LogP contribution in [0, 0.1) is 11.8 Å². The standard InChI is InChI=1S/C13H25NO/c1-11(4-8-14)12-5-9-15-13(10-12)6-2-3-7-13/h11-12H,2-10,14H2,1H3. The molecule has 0 bridgehead atoms. The fraction of sp³-hybridized carbons (Fsp3) is 1.00. The Balaban J connectivity index is 1.91. The van der Waals surface area contributed by atoms with Crippen molar-refractivity contribution in [2.75, 3.05) is 13.2 Å². The first-order chi connectivity index (χ1) is 7.26. The third kappa shape index (κ3) is 2.54. The molecule has 0 amide bonds. The van der Waals surface area contributed by atoms with E-state index in [2.05, 4.69) is 6.92 Å². The zero-order valence-electron chi connectivity index (χ0n) is 10.0. The van der Waals surface area contributed by atoms with Gasteiger partial charge < -0.3 is 10.5 Å². The lowest BCUT2D eigenvalue weighted by atomic mass is 9.77. The van der Waals surface area contributed by atoms with Crippen molar-refractivity contribution in [2.24, 2.45) is 17.6 Å². The van der Waals surface area contributed by atoms with Gasteiger partial charge in [-0.15, -0.1) is 0 Å². The topological polar surface area (TPSA) is 35.2 Å². The molecule has 2 nitrogen and oxygen atoms in total. The van der Waals surface area contributed by atoms with Crippen LogP contribution < -0.4 is 5.73 Å². The predicted octanol–water partition coefficient (Wildman–Crippen LogP) is 2.71. The number of rotatable bonds is 3. The van der Waals surface area contributed by atoms with Gasteiger partial charge in [0.25, 0.3) is 0 Å². The highest BCUT2D eigenvalue weighted by Crippen LogP contribution is 2.44. The fourth-order valence-corrected chi connectivity index (χ4v) is 3.42. The molecule has 1 aliphatic heterocycles. The molecule has 2 aliphatic rings. The summed E-state index contributed by atoms with van der Waals surface area (Å²) in [5.41, 5.74) is 5.93. The third-order valence-corrected chi connectivity index (χ3v) is 4.47. The summed E-state index contributed by atoms with van der Waals surface area (Å²) in [6, 6.07) is 0. The summed E-state index contributed by atoms with van der Waals surface area (Å²) >= 11 is 0. The quantitative estimate of drug-likeness (QED) is 0.779. The highest BCUT2D eigenvalue weighted by Gasteiger charge is 2.40. The van der Waals surface area contributed by atoms with E-state index in [0.29, 0.717) is 0 Å². The van der Waals surface area contributed by atoms with E-state index in [9.17, 15) is 0 Å². The Morgan fingerprint density at radius 3 is 2.80 bits per heavy atom. The predicted molar refractivity (Wildman–Crippen MR) is 62.7 cm³/mol. The Bertz CT molecular complexity index is 199. The van der Waals surface area contributed by atoms with E-state index >= 15 is 0 Å². The van der Waals surface area contributed by atoms with E-state index in [1.165, 1.54) is 44.9 Å². The second-order valence-corrected chi connectivity index (χ2v) is 5.55. The molecule has 2 fully saturated rings. The summed E-state index contributed by atoms with van der Waals surface area (Å²) in [4.78, 5) is 0. The molecule has 1 saturated heterocycles. The Morgan fingerprint density at radius 2 is 2.13 bits per heavy atom. The number of hydrogen-bond acceptors (Lipinski definition) is 2. The van der Waals surface area contributed by atoms with Gasteiger partial charge in [0.1, 0.15) is 0 Å². The van der Waals surface area contributed by atoms with Gasteiger partial charge in [0, 0.05) is 6.61 Å². The zero-order chi connectivity index (χ0) is 10.7. The van der Waals surface area contributed by atoms with Crippen LogP contribution >= 0.6 is 0 Å². The van der Waals surface area contributed by atoms with Crippen LogP contribution in [0.4, 0.5) is 0 Å². The lowest BCUT2D eigenvalue weighted by Crippen LogP contribution is -2.39. The lowest BCUT2D eigenvalue weighted by Gasteiger charge is -2.40. The monoisotopic (exact) mass is 211 g/mol. The first kappa shape index (κ1) is 11.4. The van der Waals surface area contributed by atoms with Crippen molar-refractivity contribution < 1.29 is 4.74 Å². The molecule has 2 unspecified atom stereocenters. The van der Waals surface area contributed by atoms with Crippen LogP contribution in [0.5, 0.6) is 0 Å². The summed E-state index contributed by atoms with van der Waals surface area (Å²) in [5, 5.41) is 0. The van der Waals surface area contributed by atoms with E-state index in [4.69, 9.17) is 10.5 Å². The normalized spacial score (nSPS) is 32.0. The molecule has 0 radical (unpaired) electrons. The minimum atomic E-state index is 0.284. The number of hydrogen-bond donors (Lipinski definition) is 1. The van der Waals surface area contributed by atoms with Crippen LogP contribution in [-0.4, -0.2) is 18.8 Å². The van der Waals surface area contributed by atoms with Gasteiger partial charge in [0.2, 0.25) is 0 Å². The Morgan fingerprint density at radius 1 is 1.40 bits per heavy atom. The molecule has 2 atom stereocenters. The van der Waals surface area contributed by atoms with Gasteiger partial charge in [0.15, 0.2) is 0 Å². The maximum Gasteiger partial charge on any atom is 0.0685 e. The molecule has 88 valence electrons. The summed E-state index contributed by atoms with van der Waals surface area (Å²) in [6.07, 6.45) is 9.09. The molecule has 1 heterocycles. The second kappa shape index (κ2) is 4.84. The average molecular weight is 211 g/mol. The van der Waals surface area contributed by atoms with Crippen molar-refractivity contribution >= 4 is 0 Å². The Labute approximate surface area is 93.6 Å². The SMILES string of the molecule is CC(CCN)C1CCOC2(CCCC2)C1. The number of nitrogens with two attached hydrogens (primary N) is 1.